The lowest BCUT2D eigenvalue weighted by atomic mass is 10.00. The number of nitrogens with zero attached hydrogens (tertiary/aromatic N) is 1. The predicted octanol–water partition coefficient (Wildman–Crippen LogP) is 4.78. The van der Waals surface area contributed by atoms with Crippen molar-refractivity contribution in [2.24, 2.45) is 0 Å². The Morgan fingerprint density at radius 2 is 1.88 bits per heavy atom. The molecule has 0 atom stereocenters. The molecular weight excluding hydrogens is 488 g/mol. The Labute approximate surface area is 198 Å². The third-order valence-corrected chi connectivity index (χ3v) is 6.58. The molecule has 2 heterocycles. The number of carbonyl (C=O) groups is 1. The van der Waals surface area contributed by atoms with Crippen molar-refractivity contribution >= 4 is 44.1 Å². The average Bonchev–Trinajstić information content (AvgIpc) is 3.23. The number of aromatic amines is 1. The predicted molar refractivity (Wildman–Crippen MR) is 126 cm³/mol. The Morgan fingerprint density at radius 3 is 2.59 bits per heavy atom. The van der Waals surface area contributed by atoms with Gasteiger partial charge < -0.3 is 9.72 Å². The number of halogens is 3. The first-order valence-electron chi connectivity index (χ1n) is 9.95. The Balaban J connectivity index is 1.75. The summed E-state index contributed by atoms with van der Waals surface area (Å²) in [5.74, 6) is -3.85. The summed E-state index contributed by atoms with van der Waals surface area (Å²) in [6.07, 6.45) is 2.90. The van der Waals surface area contributed by atoms with Gasteiger partial charge in [0.2, 0.25) is 15.8 Å². The molecule has 34 heavy (non-hydrogen) atoms. The van der Waals surface area contributed by atoms with Gasteiger partial charge in [0, 0.05) is 41.0 Å². The van der Waals surface area contributed by atoms with Gasteiger partial charge in [-0.15, -0.1) is 0 Å². The maximum absolute atomic E-state index is 15.2. The molecule has 176 valence electrons. The van der Waals surface area contributed by atoms with Gasteiger partial charge in [-0.25, -0.2) is 22.2 Å². The molecule has 0 aliphatic carbocycles. The molecule has 0 bridgehead atoms. The van der Waals surface area contributed by atoms with Crippen LogP contribution in [0.5, 0.6) is 0 Å². The van der Waals surface area contributed by atoms with Crippen molar-refractivity contribution in [1.82, 2.24) is 9.97 Å². The fourth-order valence-corrected chi connectivity index (χ4v) is 4.48. The quantitative estimate of drug-likeness (QED) is 0.336. The van der Waals surface area contributed by atoms with Crippen molar-refractivity contribution in [3.63, 3.8) is 0 Å². The van der Waals surface area contributed by atoms with Crippen molar-refractivity contribution in [3.05, 3.63) is 82.6 Å². The summed E-state index contributed by atoms with van der Waals surface area (Å²) in [6, 6.07) is 10.4. The molecule has 7 nitrogen and oxygen atoms in total. The molecule has 0 aliphatic rings. The van der Waals surface area contributed by atoms with Crippen molar-refractivity contribution in [1.29, 1.82) is 0 Å². The number of ether oxygens (including phenoxy) is 1. The second kappa shape index (κ2) is 9.49. The summed E-state index contributed by atoms with van der Waals surface area (Å²) < 4.78 is 60.7. The van der Waals surface area contributed by atoms with Crippen LogP contribution >= 0.6 is 11.6 Å². The van der Waals surface area contributed by atoms with E-state index in [1.165, 1.54) is 13.3 Å². The van der Waals surface area contributed by atoms with E-state index in [1.54, 1.807) is 36.5 Å². The number of benzene rings is 2. The van der Waals surface area contributed by atoms with Crippen molar-refractivity contribution in [2.75, 3.05) is 24.2 Å². The van der Waals surface area contributed by atoms with Gasteiger partial charge in [0.15, 0.2) is 5.82 Å². The Bertz CT molecular complexity index is 1490. The number of ketones is 1. The normalized spacial score (nSPS) is 11.6. The molecule has 0 unspecified atom stereocenters. The lowest BCUT2D eigenvalue weighted by molar-refractivity contribution is 0.103. The second-order valence-electron chi connectivity index (χ2n) is 7.36. The van der Waals surface area contributed by atoms with E-state index in [2.05, 4.69) is 9.97 Å². The van der Waals surface area contributed by atoms with Crippen molar-refractivity contribution < 1.29 is 26.7 Å². The number of methoxy groups -OCH3 is 1. The van der Waals surface area contributed by atoms with Crippen LogP contribution in [0.3, 0.4) is 0 Å². The number of hydrogen-bond acceptors (Lipinski definition) is 5. The Kier molecular flexibility index (Phi) is 6.65. The van der Waals surface area contributed by atoms with Gasteiger partial charge in [-0.05, 0) is 35.9 Å². The first-order chi connectivity index (χ1) is 16.2. The number of carbonyl (C=O) groups excluding carboxylic acids is 1. The topological polar surface area (TPSA) is 101 Å². The van der Waals surface area contributed by atoms with Crippen LogP contribution in [0.4, 0.5) is 14.5 Å². The van der Waals surface area contributed by atoms with E-state index >= 15 is 4.39 Å². The summed E-state index contributed by atoms with van der Waals surface area (Å²) in [4.78, 5) is 20.3. The summed E-state index contributed by atoms with van der Waals surface area (Å²) in [5, 5.41) is 0.904. The smallest absolute Gasteiger partial charge is 0.235 e. The third-order valence-electron chi connectivity index (χ3n) is 5.09. The van der Waals surface area contributed by atoms with E-state index in [0.29, 0.717) is 21.6 Å². The zero-order chi connectivity index (χ0) is 24.5. The van der Waals surface area contributed by atoms with Crippen LogP contribution in [0, 0.1) is 11.6 Å². The summed E-state index contributed by atoms with van der Waals surface area (Å²) >= 11 is 5.93. The van der Waals surface area contributed by atoms with E-state index in [-0.39, 0.29) is 12.2 Å². The molecule has 4 rings (SSSR count). The molecule has 11 heteroatoms. The highest BCUT2D eigenvalue weighted by molar-refractivity contribution is 7.92. The van der Waals surface area contributed by atoms with Crippen LogP contribution in [0.15, 0.2) is 54.9 Å². The maximum atomic E-state index is 15.2. The maximum Gasteiger partial charge on any atom is 0.235 e. The average molecular weight is 506 g/mol. The monoisotopic (exact) mass is 505 g/mol. The minimum atomic E-state index is -3.98. The van der Waals surface area contributed by atoms with Gasteiger partial charge in [0.05, 0.1) is 23.6 Å². The van der Waals surface area contributed by atoms with E-state index in [0.717, 1.165) is 17.7 Å². The minimum Gasteiger partial charge on any atom is -0.384 e. The Morgan fingerprint density at radius 1 is 1.15 bits per heavy atom. The van der Waals surface area contributed by atoms with Crippen LogP contribution in [0.2, 0.25) is 5.02 Å². The highest BCUT2D eigenvalue weighted by Crippen LogP contribution is 2.30. The van der Waals surface area contributed by atoms with Gasteiger partial charge in [0.1, 0.15) is 11.5 Å². The molecule has 2 aromatic carbocycles. The fraction of sp³-hybridized carbons (Fsp3) is 0.130. The van der Waals surface area contributed by atoms with Gasteiger partial charge >= 0.3 is 0 Å². The molecule has 2 aromatic heterocycles. The van der Waals surface area contributed by atoms with E-state index in [4.69, 9.17) is 16.3 Å². The van der Waals surface area contributed by atoms with E-state index in [9.17, 15) is 17.6 Å². The zero-order valence-corrected chi connectivity index (χ0v) is 19.3. The zero-order valence-electron chi connectivity index (χ0n) is 17.7. The van der Waals surface area contributed by atoms with Crippen LogP contribution in [0.1, 0.15) is 15.9 Å². The van der Waals surface area contributed by atoms with Crippen molar-refractivity contribution in [3.8, 4) is 11.1 Å². The molecule has 0 aliphatic heterocycles. The van der Waals surface area contributed by atoms with E-state index in [1.807, 2.05) is 4.72 Å². The molecule has 0 spiro atoms. The van der Waals surface area contributed by atoms with Crippen LogP contribution in [0.25, 0.3) is 22.2 Å². The fourth-order valence-electron chi connectivity index (χ4n) is 3.38. The first kappa shape index (κ1) is 23.8. The lowest BCUT2D eigenvalue weighted by Gasteiger charge is -2.11. The molecular formula is C23H18ClF2N3O4S. The number of sulfonamides is 1. The summed E-state index contributed by atoms with van der Waals surface area (Å²) in [7, 11) is -2.66. The largest absolute Gasteiger partial charge is 0.384 e. The molecule has 0 amide bonds. The third kappa shape index (κ3) is 4.79. The van der Waals surface area contributed by atoms with Crippen LogP contribution in [-0.2, 0) is 14.8 Å². The first-order valence-corrected chi connectivity index (χ1v) is 12.0. The van der Waals surface area contributed by atoms with Crippen molar-refractivity contribution in [2.45, 2.75) is 0 Å². The number of anilines is 1. The molecule has 2 N–H and O–H groups in total. The number of hydrogen-bond donors (Lipinski definition) is 2. The number of aromatic nitrogens is 2. The van der Waals surface area contributed by atoms with Crippen LogP contribution < -0.4 is 4.72 Å². The number of pyridine rings is 1. The number of fused-ring (bicyclic) bond motifs is 1. The molecule has 4 aromatic rings. The highest BCUT2D eigenvalue weighted by atomic mass is 35.5. The van der Waals surface area contributed by atoms with Gasteiger partial charge in [0.25, 0.3) is 0 Å². The van der Waals surface area contributed by atoms with Gasteiger partial charge in [-0.3, -0.25) is 9.52 Å². The Hall–Kier alpha value is -3.34. The SMILES string of the molecule is COCCS(=O)(=O)Nc1ccc(F)c(C(=O)c2c[nH]c3ncc(-c4ccc(Cl)cc4)cc23)c1F. The minimum absolute atomic E-state index is 0.0181. The number of H-pyrrole nitrogens is 1. The molecule has 0 saturated carbocycles. The highest BCUT2D eigenvalue weighted by Gasteiger charge is 2.26. The van der Waals surface area contributed by atoms with Gasteiger partial charge in [-0.2, -0.15) is 0 Å². The van der Waals surface area contributed by atoms with Crippen LogP contribution in [-0.4, -0.2) is 43.6 Å². The second-order valence-corrected chi connectivity index (χ2v) is 9.63. The lowest BCUT2D eigenvalue weighted by Crippen LogP contribution is -2.21. The standard InChI is InChI=1S/C23H18ClF2N3O4S/c1-33-8-9-34(31,32)29-19-7-6-18(25)20(21(19)26)22(30)17-12-28-23-16(17)10-14(11-27-23)13-2-4-15(24)5-3-13/h2-7,10-12,29H,8-9H2,1H3,(H,27,28). The number of nitrogens with one attached hydrogen (secondary N) is 2. The molecule has 0 radical (unpaired) electrons. The molecule has 0 saturated heterocycles. The van der Waals surface area contributed by atoms with Gasteiger partial charge in [-0.1, -0.05) is 23.7 Å². The summed E-state index contributed by atoms with van der Waals surface area (Å²) in [6.45, 7) is -0.123. The summed E-state index contributed by atoms with van der Waals surface area (Å²) in [5.41, 5.74) is 0.348. The van der Waals surface area contributed by atoms with E-state index < -0.39 is 44.4 Å². The molecule has 0 fully saturated rings. The number of rotatable bonds is 8.